The van der Waals surface area contributed by atoms with Crippen molar-refractivity contribution in [2.45, 2.75) is 18.9 Å². The maximum atomic E-state index is 9.66. The number of halogens is 1. The van der Waals surface area contributed by atoms with Crippen LogP contribution in [0.2, 0.25) is 0 Å². The Labute approximate surface area is 36.6 Å². The van der Waals surface area contributed by atoms with E-state index in [-0.39, 0.29) is 0 Å². The highest BCUT2D eigenvalue weighted by Gasteiger charge is 1.88. The number of hydrogen-bond donors (Lipinski definition) is 0. The average molecular weight is 93.5 g/mol. The van der Waals surface area contributed by atoms with E-state index in [0.717, 1.165) is 0 Å². The van der Waals surface area contributed by atoms with Crippen LogP contribution in [0.3, 0.4) is 0 Å². The lowest BCUT2D eigenvalue weighted by Crippen LogP contribution is -1.85. The summed E-state index contributed by atoms with van der Waals surface area (Å²) >= 11 is 4.91. The molecular weight excluding hydrogens is 87.5 g/mol. The minimum absolute atomic E-state index is 0.515. The Bertz CT molecular complexity index is 20.9. The van der Waals surface area contributed by atoms with Gasteiger partial charge in [0, 0.05) is 0 Å². The van der Waals surface area contributed by atoms with Crippen molar-refractivity contribution in [3.05, 3.63) is 0 Å². The molecule has 2 heteroatoms. The first kappa shape index (κ1) is 5.25. The highest BCUT2D eigenvalue weighted by atomic mass is 35.5. The molecular formula is C3H6ClO. The Morgan fingerprint density at radius 1 is 2.00 bits per heavy atom. The summed E-state index contributed by atoms with van der Waals surface area (Å²) in [5.41, 5.74) is -0.894. The molecule has 0 aromatic heterocycles. The zero-order valence-electron chi connectivity index (χ0n) is 3.07. The Hall–Kier alpha value is 0.250. The van der Waals surface area contributed by atoms with Gasteiger partial charge in [-0.1, -0.05) is 18.5 Å². The van der Waals surface area contributed by atoms with E-state index >= 15 is 0 Å². The first-order valence-corrected chi connectivity index (χ1v) is 2.01. The Morgan fingerprint density at radius 3 is 2.20 bits per heavy atom. The molecule has 0 aromatic carbocycles. The predicted molar refractivity (Wildman–Crippen MR) is 20.6 cm³/mol. The maximum Gasteiger partial charge on any atom is 0.166 e. The van der Waals surface area contributed by atoms with Gasteiger partial charge in [-0.15, -0.1) is 0 Å². The van der Waals surface area contributed by atoms with Gasteiger partial charge in [0.25, 0.3) is 0 Å². The summed E-state index contributed by atoms with van der Waals surface area (Å²) in [5, 5.41) is 9.66. The SMILES string of the molecule is CCC([O])Cl. The normalized spacial score (nSPS) is 15.0. The first-order valence-electron chi connectivity index (χ1n) is 1.57. The Morgan fingerprint density at radius 2 is 2.20 bits per heavy atom. The van der Waals surface area contributed by atoms with Crippen LogP contribution in [-0.4, -0.2) is 5.56 Å². The zero-order valence-corrected chi connectivity index (χ0v) is 3.83. The molecule has 0 aliphatic rings. The summed E-state index contributed by atoms with van der Waals surface area (Å²) in [6.07, 6.45) is 0.515. The van der Waals surface area contributed by atoms with Crippen molar-refractivity contribution >= 4 is 11.6 Å². The molecule has 0 rings (SSSR count). The fraction of sp³-hybridized carbons (Fsp3) is 1.00. The molecule has 0 bridgehead atoms. The minimum atomic E-state index is -0.894. The lowest BCUT2D eigenvalue weighted by molar-refractivity contribution is 0.155. The molecule has 0 aliphatic carbocycles. The van der Waals surface area contributed by atoms with Crippen LogP contribution in [0.15, 0.2) is 0 Å². The molecule has 5 heavy (non-hydrogen) atoms. The van der Waals surface area contributed by atoms with Crippen LogP contribution < -0.4 is 0 Å². The predicted octanol–water partition coefficient (Wildman–Crippen LogP) is 1.39. The molecule has 31 valence electrons. The molecule has 0 spiro atoms. The molecule has 0 N–H and O–H groups in total. The summed E-state index contributed by atoms with van der Waals surface area (Å²) in [4.78, 5) is 0. The second kappa shape index (κ2) is 2.49. The molecule has 0 fully saturated rings. The quantitative estimate of drug-likeness (QED) is 0.437. The molecule has 1 atom stereocenters. The van der Waals surface area contributed by atoms with E-state index in [1.165, 1.54) is 0 Å². The van der Waals surface area contributed by atoms with Crippen molar-refractivity contribution in [2.24, 2.45) is 0 Å². The van der Waals surface area contributed by atoms with Crippen molar-refractivity contribution < 1.29 is 5.11 Å². The second-order valence-corrected chi connectivity index (χ2v) is 1.31. The molecule has 0 saturated carbocycles. The molecule has 1 nitrogen and oxygen atoms in total. The van der Waals surface area contributed by atoms with E-state index in [2.05, 4.69) is 0 Å². The summed E-state index contributed by atoms with van der Waals surface area (Å²) in [7, 11) is 0. The number of alkyl halides is 1. The van der Waals surface area contributed by atoms with Crippen molar-refractivity contribution in [3.8, 4) is 0 Å². The van der Waals surface area contributed by atoms with E-state index < -0.39 is 5.56 Å². The van der Waals surface area contributed by atoms with Gasteiger partial charge in [-0.3, -0.25) is 0 Å². The fourth-order valence-corrected chi connectivity index (χ4v) is 0. The van der Waals surface area contributed by atoms with E-state index in [9.17, 15) is 5.11 Å². The van der Waals surface area contributed by atoms with E-state index in [1.54, 1.807) is 6.92 Å². The average Bonchev–Trinajstić information content (AvgIpc) is 1.38. The van der Waals surface area contributed by atoms with Gasteiger partial charge in [-0.2, -0.15) is 0 Å². The molecule has 0 aromatic rings. The second-order valence-electron chi connectivity index (χ2n) is 0.818. The van der Waals surface area contributed by atoms with Gasteiger partial charge in [0.05, 0.1) is 0 Å². The van der Waals surface area contributed by atoms with Gasteiger partial charge >= 0.3 is 0 Å². The van der Waals surface area contributed by atoms with Gasteiger partial charge in [0.15, 0.2) is 5.56 Å². The van der Waals surface area contributed by atoms with E-state index in [4.69, 9.17) is 11.6 Å². The van der Waals surface area contributed by atoms with Gasteiger partial charge in [0.1, 0.15) is 0 Å². The third-order valence-corrected chi connectivity index (χ3v) is 0.630. The lowest BCUT2D eigenvalue weighted by Gasteiger charge is -1.83. The van der Waals surface area contributed by atoms with Gasteiger partial charge in [-0.05, 0) is 6.42 Å². The number of hydrogen-bond acceptors (Lipinski definition) is 0. The summed E-state index contributed by atoms with van der Waals surface area (Å²) in [5.74, 6) is 0. The zero-order chi connectivity index (χ0) is 4.28. The summed E-state index contributed by atoms with van der Waals surface area (Å²) in [6, 6.07) is 0. The van der Waals surface area contributed by atoms with Gasteiger partial charge < -0.3 is 0 Å². The summed E-state index contributed by atoms with van der Waals surface area (Å²) < 4.78 is 0. The first-order chi connectivity index (χ1) is 2.27. The lowest BCUT2D eigenvalue weighted by atomic mass is 10.5. The van der Waals surface area contributed by atoms with Crippen LogP contribution in [0.5, 0.6) is 0 Å². The standard InChI is InChI=1S/C3H6ClO/c1-2-3(4)5/h3H,2H2,1H3. The smallest absolute Gasteiger partial charge is 0.166 e. The van der Waals surface area contributed by atoms with Crippen LogP contribution >= 0.6 is 11.6 Å². The molecule has 0 heterocycles. The maximum absolute atomic E-state index is 9.66. The van der Waals surface area contributed by atoms with Crippen molar-refractivity contribution in [1.29, 1.82) is 0 Å². The van der Waals surface area contributed by atoms with Crippen molar-refractivity contribution in [1.82, 2.24) is 0 Å². The van der Waals surface area contributed by atoms with E-state index in [0.29, 0.717) is 6.42 Å². The molecule has 1 unspecified atom stereocenters. The third-order valence-electron chi connectivity index (χ3n) is 0.321. The number of rotatable bonds is 1. The molecule has 0 amide bonds. The summed E-state index contributed by atoms with van der Waals surface area (Å²) in [6.45, 7) is 1.75. The molecule has 0 aliphatic heterocycles. The van der Waals surface area contributed by atoms with E-state index in [1.807, 2.05) is 0 Å². The van der Waals surface area contributed by atoms with Gasteiger partial charge in [-0.25, -0.2) is 5.11 Å². The van der Waals surface area contributed by atoms with Crippen LogP contribution in [0.1, 0.15) is 13.3 Å². The van der Waals surface area contributed by atoms with Crippen molar-refractivity contribution in [3.63, 3.8) is 0 Å². The van der Waals surface area contributed by atoms with Crippen molar-refractivity contribution in [2.75, 3.05) is 0 Å². The topological polar surface area (TPSA) is 19.9 Å². The van der Waals surface area contributed by atoms with Crippen LogP contribution in [0.4, 0.5) is 0 Å². The monoisotopic (exact) mass is 93.0 g/mol. The highest BCUT2D eigenvalue weighted by Crippen LogP contribution is 1.92. The Kier molecular flexibility index (Phi) is 2.61. The third kappa shape index (κ3) is 4.25. The molecule has 0 saturated heterocycles. The minimum Gasteiger partial charge on any atom is -0.216 e. The van der Waals surface area contributed by atoms with Crippen LogP contribution in [0, 0.1) is 0 Å². The highest BCUT2D eigenvalue weighted by molar-refractivity contribution is 6.19. The van der Waals surface area contributed by atoms with Gasteiger partial charge in [0.2, 0.25) is 0 Å². The molecule has 1 radical (unpaired) electrons. The van der Waals surface area contributed by atoms with Crippen LogP contribution in [0.25, 0.3) is 0 Å². The van der Waals surface area contributed by atoms with Crippen LogP contribution in [-0.2, 0) is 5.11 Å². The largest absolute Gasteiger partial charge is 0.216 e. The Balaban J connectivity index is 2.54. The fourth-order valence-electron chi connectivity index (χ4n) is 0.